The van der Waals surface area contributed by atoms with Crippen molar-refractivity contribution >= 4 is 0 Å². The molecule has 0 spiro atoms. The highest BCUT2D eigenvalue weighted by Gasteiger charge is 2.26. The summed E-state index contributed by atoms with van der Waals surface area (Å²) in [5.74, 6) is 0.754. The second-order valence-corrected chi connectivity index (χ2v) is 13.9. The van der Waals surface area contributed by atoms with Crippen molar-refractivity contribution in [3.63, 3.8) is 0 Å². The SMILES string of the molecule is Cc1cc(O)c(Cc2cc(C(C)(C)C)cc(Cc3c(O)cc(C)cc3C(C)(C)C)c2O)c(C(C)(C)C)c1. The van der Waals surface area contributed by atoms with E-state index in [0.29, 0.717) is 12.8 Å². The molecule has 3 N–H and O–H groups in total. The highest BCUT2D eigenvalue weighted by atomic mass is 16.3. The molecule has 0 atom stereocenters. The second kappa shape index (κ2) is 9.74. The van der Waals surface area contributed by atoms with E-state index >= 15 is 0 Å². The van der Waals surface area contributed by atoms with Crippen LogP contribution >= 0.6 is 0 Å². The summed E-state index contributed by atoms with van der Waals surface area (Å²) < 4.78 is 0. The standard InChI is InChI=1S/C34H46O3/c1-20-12-27(33(6,7)8)25(29(35)14-20)18-22-16-24(32(3,4)5)17-23(31(22)37)19-26-28(34(9,10)11)13-21(2)15-30(26)36/h12-17,35-37H,18-19H2,1-11H3. The minimum Gasteiger partial charge on any atom is -0.508 e. The predicted molar refractivity (Wildman–Crippen MR) is 156 cm³/mol. The average molecular weight is 503 g/mol. The van der Waals surface area contributed by atoms with Crippen LogP contribution in [0.15, 0.2) is 36.4 Å². The van der Waals surface area contributed by atoms with Crippen LogP contribution in [-0.2, 0) is 29.1 Å². The van der Waals surface area contributed by atoms with E-state index in [1.54, 1.807) is 12.1 Å². The van der Waals surface area contributed by atoms with E-state index in [1.807, 2.05) is 13.8 Å². The minimum atomic E-state index is -0.159. The van der Waals surface area contributed by atoms with Gasteiger partial charge in [0.15, 0.2) is 0 Å². The lowest BCUT2D eigenvalue weighted by Crippen LogP contribution is -2.17. The Kier molecular flexibility index (Phi) is 7.54. The van der Waals surface area contributed by atoms with E-state index in [4.69, 9.17) is 0 Å². The van der Waals surface area contributed by atoms with Crippen molar-refractivity contribution in [3.8, 4) is 17.2 Å². The number of phenols is 3. The van der Waals surface area contributed by atoms with Gasteiger partial charge in [0.25, 0.3) is 0 Å². The van der Waals surface area contributed by atoms with E-state index in [0.717, 1.165) is 50.1 Å². The van der Waals surface area contributed by atoms with Crippen LogP contribution in [0.2, 0.25) is 0 Å². The third-order valence-electron chi connectivity index (χ3n) is 7.23. The van der Waals surface area contributed by atoms with Gasteiger partial charge in [-0.3, -0.25) is 0 Å². The Bertz CT molecular complexity index is 1220. The van der Waals surface area contributed by atoms with Gasteiger partial charge in [0.1, 0.15) is 17.2 Å². The molecular weight excluding hydrogens is 456 g/mol. The number of aromatic hydroxyl groups is 3. The molecule has 3 aromatic carbocycles. The largest absolute Gasteiger partial charge is 0.508 e. The Hall–Kier alpha value is -2.94. The van der Waals surface area contributed by atoms with Gasteiger partial charge in [-0.05, 0) is 81.2 Å². The molecule has 3 heteroatoms. The molecular formula is C34H46O3. The van der Waals surface area contributed by atoms with Crippen molar-refractivity contribution in [1.82, 2.24) is 0 Å². The number of benzene rings is 3. The van der Waals surface area contributed by atoms with E-state index in [9.17, 15) is 15.3 Å². The molecule has 200 valence electrons. The zero-order valence-electron chi connectivity index (χ0n) is 24.7. The van der Waals surface area contributed by atoms with Gasteiger partial charge in [0.2, 0.25) is 0 Å². The summed E-state index contributed by atoms with van der Waals surface area (Å²) in [6, 6.07) is 12.0. The summed E-state index contributed by atoms with van der Waals surface area (Å²) in [7, 11) is 0. The molecule has 0 radical (unpaired) electrons. The lowest BCUT2D eigenvalue weighted by Gasteiger charge is -2.27. The van der Waals surface area contributed by atoms with Crippen LogP contribution in [-0.4, -0.2) is 15.3 Å². The summed E-state index contributed by atoms with van der Waals surface area (Å²) in [6.45, 7) is 23.4. The molecule has 0 aromatic heterocycles. The molecule has 3 rings (SSSR count). The van der Waals surface area contributed by atoms with Gasteiger partial charge in [0, 0.05) is 24.0 Å². The van der Waals surface area contributed by atoms with Crippen molar-refractivity contribution in [2.24, 2.45) is 0 Å². The van der Waals surface area contributed by atoms with E-state index in [2.05, 4.69) is 86.6 Å². The molecule has 37 heavy (non-hydrogen) atoms. The first-order valence-corrected chi connectivity index (χ1v) is 13.3. The molecule has 0 amide bonds. The first-order chi connectivity index (χ1) is 16.8. The zero-order chi connectivity index (χ0) is 28.1. The summed E-state index contributed by atoms with van der Waals surface area (Å²) >= 11 is 0. The molecule has 0 fully saturated rings. The van der Waals surface area contributed by atoms with E-state index < -0.39 is 0 Å². The molecule has 3 nitrogen and oxygen atoms in total. The molecule has 3 aromatic rings. The quantitative estimate of drug-likeness (QED) is 0.335. The lowest BCUT2D eigenvalue weighted by atomic mass is 9.78. The summed E-state index contributed by atoms with van der Waals surface area (Å²) in [5, 5.41) is 33.6. The van der Waals surface area contributed by atoms with Crippen LogP contribution < -0.4 is 0 Å². The summed E-state index contributed by atoms with van der Waals surface area (Å²) in [6.07, 6.45) is 0.848. The van der Waals surface area contributed by atoms with Crippen LogP contribution in [0.5, 0.6) is 17.2 Å². The molecule has 0 unspecified atom stereocenters. The van der Waals surface area contributed by atoms with Crippen LogP contribution in [0, 0.1) is 13.8 Å². The van der Waals surface area contributed by atoms with Gasteiger partial charge in [0.05, 0.1) is 0 Å². The van der Waals surface area contributed by atoms with Gasteiger partial charge in [-0.15, -0.1) is 0 Å². The Morgan fingerprint density at radius 3 is 1.16 bits per heavy atom. The van der Waals surface area contributed by atoms with Crippen molar-refractivity contribution in [1.29, 1.82) is 0 Å². The fourth-order valence-corrected chi connectivity index (χ4v) is 5.15. The minimum absolute atomic E-state index is 0.137. The Labute approximate surface area is 224 Å². The van der Waals surface area contributed by atoms with E-state index in [1.165, 1.54) is 0 Å². The topological polar surface area (TPSA) is 60.7 Å². The summed E-state index contributed by atoms with van der Waals surface area (Å²) in [4.78, 5) is 0. The fraction of sp³-hybridized carbons (Fsp3) is 0.471. The Balaban J connectivity index is 2.24. The molecule has 0 aliphatic carbocycles. The number of hydrogen-bond acceptors (Lipinski definition) is 3. The maximum Gasteiger partial charge on any atom is 0.122 e. The highest BCUT2D eigenvalue weighted by Crippen LogP contribution is 2.41. The lowest BCUT2D eigenvalue weighted by molar-refractivity contribution is 0.451. The summed E-state index contributed by atoms with van der Waals surface area (Å²) in [5.41, 5.74) is 8.13. The van der Waals surface area contributed by atoms with E-state index in [-0.39, 0.29) is 33.5 Å². The number of phenolic OH excluding ortho intramolecular Hbond substituents is 3. The first-order valence-electron chi connectivity index (χ1n) is 13.3. The van der Waals surface area contributed by atoms with Crippen LogP contribution in [0.4, 0.5) is 0 Å². The number of hydrogen-bond donors (Lipinski definition) is 3. The van der Waals surface area contributed by atoms with Crippen molar-refractivity contribution in [2.45, 2.75) is 105 Å². The molecule has 0 heterocycles. The second-order valence-electron chi connectivity index (χ2n) is 13.9. The third kappa shape index (κ3) is 6.32. The Morgan fingerprint density at radius 1 is 0.514 bits per heavy atom. The van der Waals surface area contributed by atoms with Gasteiger partial charge >= 0.3 is 0 Å². The fourth-order valence-electron chi connectivity index (χ4n) is 5.15. The molecule has 0 aliphatic rings. The van der Waals surface area contributed by atoms with Crippen LogP contribution in [0.25, 0.3) is 0 Å². The predicted octanol–water partition coefficient (Wildman–Crippen LogP) is 8.49. The maximum atomic E-state index is 11.6. The van der Waals surface area contributed by atoms with Gasteiger partial charge < -0.3 is 15.3 Å². The number of aryl methyl sites for hydroxylation is 2. The van der Waals surface area contributed by atoms with Crippen LogP contribution in [0.1, 0.15) is 112 Å². The average Bonchev–Trinajstić information content (AvgIpc) is 2.71. The van der Waals surface area contributed by atoms with Gasteiger partial charge in [-0.2, -0.15) is 0 Å². The molecule has 0 aliphatic heterocycles. The van der Waals surface area contributed by atoms with Crippen molar-refractivity contribution in [2.75, 3.05) is 0 Å². The van der Waals surface area contributed by atoms with Gasteiger partial charge in [-0.1, -0.05) is 86.6 Å². The molecule has 0 bridgehead atoms. The van der Waals surface area contributed by atoms with Crippen molar-refractivity contribution in [3.05, 3.63) is 86.5 Å². The molecule has 0 saturated carbocycles. The monoisotopic (exact) mass is 502 g/mol. The van der Waals surface area contributed by atoms with Gasteiger partial charge in [-0.25, -0.2) is 0 Å². The van der Waals surface area contributed by atoms with Crippen molar-refractivity contribution < 1.29 is 15.3 Å². The first kappa shape index (κ1) is 28.6. The Morgan fingerprint density at radius 2 is 0.865 bits per heavy atom. The molecule has 0 saturated heterocycles. The normalized spacial score (nSPS) is 12.7. The smallest absolute Gasteiger partial charge is 0.122 e. The number of rotatable bonds is 4. The third-order valence-corrected chi connectivity index (χ3v) is 7.23. The van der Waals surface area contributed by atoms with Crippen LogP contribution in [0.3, 0.4) is 0 Å². The maximum absolute atomic E-state index is 11.6. The zero-order valence-corrected chi connectivity index (χ0v) is 24.7. The highest BCUT2D eigenvalue weighted by molar-refractivity contribution is 5.56.